The lowest BCUT2D eigenvalue weighted by Crippen LogP contribution is -2.27. The molecule has 6 heteroatoms. The van der Waals surface area contributed by atoms with Gasteiger partial charge in [-0.2, -0.15) is 0 Å². The van der Waals surface area contributed by atoms with Crippen LogP contribution in [-0.2, 0) is 0 Å². The fourth-order valence-corrected chi connectivity index (χ4v) is 2.08. The smallest absolute Gasteiger partial charge is 0.337 e. The molecule has 21 heavy (non-hydrogen) atoms. The van der Waals surface area contributed by atoms with E-state index in [1.54, 1.807) is 0 Å². The molecule has 0 saturated heterocycles. The van der Waals surface area contributed by atoms with Crippen LogP contribution >= 0.6 is 0 Å². The Labute approximate surface area is 121 Å². The van der Waals surface area contributed by atoms with Crippen LogP contribution in [0.25, 0.3) is 0 Å². The van der Waals surface area contributed by atoms with Crippen LogP contribution in [0.5, 0.6) is 0 Å². The molecule has 0 bridgehead atoms. The molecule has 1 amide bonds. The summed E-state index contributed by atoms with van der Waals surface area (Å²) in [6, 6.07) is 4.39. The molecular weight excluding hydrogens is 272 g/mol. The Morgan fingerprint density at radius 2 is 2.05 bits per heavy atom. The number of nitrogens with zero attached hydrogens (tertiary/aromatic N) is 1. The summed E-state index contributed by atoms with van der Waals surface area (Å²) in [5, 5.41) is 11.6. The number of aryl methyl sites for hydroxylation is 2. The Balaban J connectivity index is 2.10. The van der Waals surface area contributed by atoms with Crippen molar-refractivity contribution >= 4 is 11.9 Å². The molecule has 0 aromatic carbocycles. The molecule has 6 nitrogen and oxygen atoms in total. The molecule has 0 aliphatic rings. The lowest BCUT2D eigenvalue weighted by Gasteiger charge is -2.12. The highest BCUT2D eigenvalue weighted by Crippen LogP contribution is 2.21. The summed E-state index contributed by atoms with van der Waals surface area (Å²) in [6.45, 7) is 5.53. The molecule has 2 aromatic heterocycles. The number of amides is 1. The third-order valence-electron chi connectivity index (χ3n) is 3.14. The molecule has 110 valence electrons. The summed E-state index contributed by atoms with van der Waals surface area (Å²) in [6.07, 6.45) is 1.16. The van der Waals surface area contributed by atoms with Crippen molar-refractivity contribution < 1.29 is 19.1 Å². The second-order valence-corrected chi connectivity index (χ2v) is 4.80. The predicted molar refractivity (Wildman–Crippen MR) is 75.3 cm³/mol. The molecule has 0 spiro atoms. The average Bonchev–Trinajstić information content (AvgIpc) is 2.77. The highest BCUT2D eigenvalue weighted by Gasteiger charge is 2.17. The molecule has 1 atom stereocenters. The number of hydrogen-bond acceptors (Lipinski definition) is 4. The quantitative estimate of drug-likeness (QED) is 0.901. The number of carbonyl (C=O) groups excluding carboxylic acids is 1. The molecular formula is C15H16N2O4. The van der Waals surface area contributed by atoms with Crippen molar-refractivity contribution in [3.8, 4) is 0 Å². The number of rotatable bonds is 4. The fourth-order valence-electron chi connectivity index (χ4n) is 2.08. The molecule has 1 unspecified atom stereocenters. The van der Waals surface area contributed by atoms with Crippen molar-refractivity contribution in [3.05, 3.63) is 52.7 Å². The van der Waals surface area contributed by atoms with Gasteiger partial charge in [-0.15, -0.1) is 0 Å². The van der Waals surface area contributed by atoms with Crippen LogP contribution in [0.15, 0.2) is 28.8 Å². The van der Waals surface area contributed by atoms with Crippen LogP contribution in [0.4, 0.5) is 0 Å². The van der Waals surface area contributed by atoms with Crippen LogP contribution in [0.3, 0.4) is 0 Å². The maximum atomic E-state index is 12.1. The molecule has 2 rings (SSSR count). The second kappa shape index (κ2) is 5.78. The van der Waals surface area contributed by atoms with E-state index in [1.165, 1.54) is 12.1 Å². The van der Waals surface area contributed by atoms with Crippen molar-refractivity contribution in [1.82, 2.24) is 10.3 Å². The molecule has 2 aromatic rings. The molecule has 0 radical (unpaired) electrons. The van der Waals surface area contributed by atoms with E-state index in [4.69, 9.17) is 9.52 Å². The lowest BCUT2D eigenvalue weighted by molar-refractivity contribution is 0.0695. The number of carboxylic acids is 1. The molecule has 2 N–H and O–H groups in total. The SMILES string of the molecule is Cc1cc(C(C)NC(=O)c2ccc(C(=O)O)cn2)c(C)o1. The van der Waals surface area contributed by atoms with Crippen molar-refractivity contribution in [2.75, 3.05) is 0 Å². The predicted octanol–water partition coefficient (Wildman–Crippen LogP) is 2.48. The first-order valence-corrected chi connectivity index (χ1v) is 6.45. The number of aromatic nitrogens is 1. The number of furan rings is 1. The minimum atomic E-state index is -1.08. The number of hydrogen-bond donors (Lipinski definition) is 2. The van der Waals surface area contributed by atoms with Gasteiger partial charge in [0, 0.05) is 11.8 Å². The summed E-state index contributed by atoms with van der Waals surface area (Å²) < 4.78 is 5.43. The van der Waals surface area contributed by atoms with E-state index in [9.17, 15) is 9.59 Å². The van der Waals surface area contributed by atoms with E-state index in [0.717, 1.165) is 23.3 Å². The molecule has 0 aliphatic heterocycles. The zero-order valence-electron chi connectivity index (χ0n) is 12.0. The Kier molecular flexibility index (Phi) is 4.07. The van der Waals surface area contributed by atoms with Crippen molar-refractivity contribution in [3.63, 3.8) is 0 Å². The maximum Gasteiger partial charge on any atom is 0.337 e. The van der Waals surface area contributed by atoms with Crippen molar-refractivity contribution in [2.24, 2.45) is 0 Å². The fraction of sp³-hybridized carbons (Fsp3) is 0.267. The van der Waals surface area contributed by atoms with Crippen LogP contribution < -0.4 is 5.32 Å². The first kappa shape index (κ1) is 14.8. The third-order valence-corrected chi connectivity index (χ3v) is 3.14. The standard InChI is InChI=1S/C15H16N2O4/c1-8-6-12(10(3)21-8)9(2)17-14(18)13-5-4-11(7-16-13)15(19)20/h4-7,9H,1-3H3,(H,17,18)(H,19,20). The van der Waals surface area contributed by atoms with E-state index in [1.807, 2.05) is 26.8 Å². The Morgan fingerprint density at radius 3 is 2.52 bits per heavy atom. The largest absolute Gasteiger partial charge is 0.478 e. The van der Waals surface area contributed by atoms with Gasteiger partial charge in [-0.1, -0.05) is 0 Å². The van der Waals surface area contributed by atoms with Crippen LogP contribution in [0, 0.1) is 13.8 Å². The van der Waals surface area contributed by atoms with Gasteiger partial charge in [0.15, 0.2) is 0 Å². The molecule has 0 saturated carbocycles. The summed E-state index contributed by atoms with van der Waals surface area (Å²) in [4.78, 5) is 26.7. The zero-order valence-corrected chi connectivity index (χ0v) is 12.0. The topological polar surface area (TPSA) is 92.4 Å². The number of nitrogens with one attached hydrogen (secondary N) is 1. The zero-order chi connectivity index (χ0) is 15.6. The molecule has 0 fully saturated rings. The summed E-state index contributed by atoms with van der Waals surface area (Å²) in [5.41, 5.74) is 1.12. The average molecular weight is 288 g/mol. The second-order valence-electron chi connectivity index (χ2n) is 4.80. The van der Waals surface area contributed by atoms with Crippen molar-refractivity contribution in [2.45, 2.75) is 26.8 Å². The maximum absolute atomic E-state index is 12.1. The minimum absolute atomic E-state index is 0.0425. The van der Waals surface area contributed by atoms with Gasteiger partial charge in [0.1, 0.15) is 17.2 Å². The molecule has 2 heterocycles. The van der Waals surface area contributed by atoms with Crippen molar-refractivity contribution in [1.29, 1.82) is 0 Å². The van der Waals surface area contributed by atoms with Gasteiger partial charge in [-0.05, 0) is 39.0 Å². The summed E-state index contributed by atoms with van der Waals surface area (Å²) in [7, 11) is 0. The summed E-state index contributed by atoms with van der Waals surface area (Å²) >= 11 is 0. The normalized spacial score (nSPS) is 12.0. The number of pyridine rings is 1. The van der Waals surface area contributed by atoms with Gasteiger partial charge in [0.25, 0.3) is 5.91 Å². The van der Waals surface area contributed by atoms with Gasteiger partial charge in [-0.25, -0.2) is 4.79 Å². The lowest BCUT2D eigenvalue weighted by atomic mass is 10.1. The first-order valence-electron chi connectivity index (χ1n) is 6.45. The van der Waals surface area contributed by atoms with E-state index in [2.05, 4.69) is 10.3 Å². The monoisotopic (exact) mass is 288 g/mol. The van der Waals surface area contributed by atoms with Crippen LogP contribution in [-0.4, -0.2) is 22.0 Å². The first-order chi connectivity index (χ1) is 9.88. The van der Waals surface area contributed by atoms with E-state index in [-0.39, 0.29) is 23.2 Å². The van der Waals surface area contributed by atoms with Gasteiger partial charge >= 0.3 is 5.97 Å². The number of carbonyl (C=O) groups is 2. The van der Waals surface area contributed by atoms with E-state index in [0.29, 0.717) is 0 Å². The highest BCUT2D eigenvalue weighted by molar-refractivity contribution is 5.94. The Morgan fingerprint density at radius 1 is 1.33 bits per heavy atom. The van der Waals surface area contributed by atoms with Crippen LogP contribution in [0.1, 0.15) is 50.9 Å². The van der Waals surface area contributed by atoms with Gasteiger partial charge in [0.05, 0.1) is 11.6 Å². The van der Waals surface area contributed by atoms with Crippen LogP contribution in [0.2, 0.25) is 0 Å². The van der Waals surface area contributed by atoms with Gasteiger partial charge in [-0.3, -0.25) is 9.78 Å². The highest BCUT2D eigenvalue weighted by atomic mass is 16.4. The molecule has 0 aliphatic carbocycles. The Bertz CT molecular complexity index is 673. The van der Waals surface area contributed by atoms with Gasteiger partial charge in [0.2, 0.25) is 0 Å². The van der Waals surface area contributed by atoms with Gasteiger partial charge < -0.3 is 14.8 Å². The Hall–Kier alpha value is -2.63. The minimum Gasteiger partial charge on any atom is -0.478 e. The van der Waals surface area contributed by atoms with E-state index < -0.39 is 5.97 Å². The summed E-state index contributed by atoms with van der Waals surface area (Å²) in [5.74, 6) is 0.104. The number of aromatic carboxylic acids is 1. The van der Waals surface area contributed by atoms with E-state index >= 15 is 0 Å². The third kappa shape index (κ3) is 3.28. The number of carboxylic acid groups (broad SMARTS) is 1.